The Balaban J connectivity index is 1.37. The van der Waals surface area contributed by atoms with Gasteiger partial charge in [-0.3, -0.25) is 14.5 Å². The molecule has 4 N–H and O–H groups in total. The van der Waals surface area contributed by atoms with Crippen LogP contribution in [0.2, 0.25) is 0 Å². The lowest BCUT2D eigenvalue weighted by atomic mass is 10.0. The van der Waals surface area contributed by atoms with Gasteiger partial charge in [-0.1, -0.05) is 11.2 Å². The van der Waals surface area contributed by atoms with Crippen molar-refractivity contribution in [1.82, 2.24) is 19.6 Å². The van der Waals surface area contributed by atoms with Gasteiger partial charge in [-0.2, -0.15) is 0 Å². The van der Waals surface area contributed by atoms with Crippen LogP contribution in [0.25, 0.3) is 5.65 Å². The van der Waals surface area contributed by atoms with Gasteiger partial charge in [-0.15, -0.1) is 23.1 Å². The zero-order valence-electron chi connectivity index (χ0n) is 19.0. The molecule has 0 saturated carbocycles. The number of thiazole rings is 1. The molecule has 186 valence electrons. The number of nitrogens with two attached hydrogens (primary N) is 1. The molecule has 5 rings (SSSR count). The molecule has 3 aromatic heterocycles. The molecule has 2 aliphatic rings. The van der Waals surface area contributed by atoms with Crippen molar-refractivity contribution in [3.05, 3.63) is 59.1 Å². The number of aliphatic carboxylic acids is 1. The van der Waals surface area contributed by atoms with Gasteiger partial charge in [0.05, 0.1) is 6.20 Å². The molecule has 14 heteroatoms. The van der Waals surface area contributed by atoms with E-state index in [0.29, 0.717) is 17.9 Å². The normalized spacial score (nSPS) is 19.8. The van der Waals surface area contributed by atoms with E-state index in [-0.39, 0.29) is 28.8 Å². The third-order valence-electron chi connectivity index (χ3n) is 5.73. The number of carboxylic acid groups (broad SMARTS) is 1. The summed E-state index contributed by atoms with van der Waals surface area (Å²) < 4.78 is 3.86. The number of hydrogen-bond donors (Lipinski definition) is 3. The quantitative estimate of drug-likeness (QED) is 0.165. The molecule has 5 heterocycles. The molecule has 36 heavy (non-hydrogen) atoms. The number of rotatable bonds is 8. The second-order valence-corrected chi connectivity index (χ2v) is 9.93. The SMILES string of the molecule is CCO/N=C(\C(=O)N[C@@H]1C(=O)N2C(C(=O)O)=C(C[n+]3ccn4ccccc43)CS[C@@H]12)c1csc(N)n1. The monoisotopic (exact) mass is 528 g/mol. The average Bonchev–Trinajstić information content (AvgIpc) is 3.48. The van der Waals surface area contributed by atoms with Gasteiger partial charge in [0, 0.05) is 22.8 Å². The zero-order valence-corrected chi connectivity index (χ0v) is 20.7. The average molecular weight is 529 g/mol. The van der Waals surface area contributed by atoms with Crippen molar-refractivity contribution in [2.24, 2.45) is 5.16 Å². The van der Waals surface area contributed by atoms with E-state index in [9.17, 15) is 19.5 Å². The number of nitrogen functional groups attached to an aromatic ring is 1. The summed E-state index contributed by atoms with van der Waals surface area (Å²) in [5.41, 5.74) is 7.26. The van der Waals surface area contributed by atoms with Gasteiger partial charge in [0.1, 0.15) is 48.4 Å². The molecule has 12 nitrogen and oxygen atoms in total. The van der Waals surface area contributed by atoms with E-state index < -0.39 is 29.2 Å². The number of carboxylic acids is 1. The van der Waals surface area contributed by atoms with E-state index in [1.165, 1.54) is 16.7 Å². The standard InChI is InChI=1S/C22H21N7O5S2/c1-2-34-26-15(13-11-36-22(23)24-13)18(30)25-16-19(31)29-17(21(32)33)12(10-35-20(16)29)9-28-8-7-27-6-4-3-5-14(27)28/h3-8,11,16,20H,2,9-10H2,1H3,(H3-,23,24,25,30,32,33)/p+1/b26-15-/t16-,20+/m1/s1. The van der Waals surface area contributed by atoms with Gasteiger partial charge in [-0.25, -0.2) is 18.7 Å². The van der Waals surface area contributed by atoms with Crippen LogP contribution in [0.5, 0.6) is 0 Å². The minimum atomic E-state index is -1.19. The molecule has 0 aromatic carbocycles. The number of thioether (sulfide) groups is 1. The van der Waals surface area contributed by atoms with Crippen molar-refractivity contribution in [2.45, 2.75) is 24.9 Å². The number of nitrogens with one attached hydrogen (secondary N) is 1. The fourth-order valence-electron chi connectivity index (χ4n) is 4.13. The summed E-state index contributed by atoms with van der Waals surface area (Å²) in [6.07, 6.45) is 5.65. The smallest absolute Gasteiger partial charge is 0.352 e. The van der Waals surface area contributed by atoms with Gasteiger partial charge in [0.15, 0.2) is 10.8 Å². The molecule has 2 aliphatic heterocycles. The molecule has 3 aromatic rings. The molecule has 1 saturated heterocycles. The number of oxime groups is 1. The molecule has 0 radical (unpaired) electrons. The second kappa shape index (κ2) is 9.62. The third-order valence-corrected chi connectivity index (χ3v) is 7.74. The Kier molecular flexibility index (Phi) is 6.36. The lowest BCUT2D eigenvalue weighted by Gasteiger charge is -2.49. The summed E-state index contributed by atoms with van der Waals surface area (Å²) in [5, 5.41) is 17.8. The summed E-state index contributed by atoms with van der Waals surface area (Å²) in [5.74, 6) is -1.96. The van der Waals surface area contributed by atoms with Crippen LogP contribution in [0, 0.1) is 0 Å². The summed E-state index contributed by atoms with van der Waals surface area (Å²) in [7, 11) is 0. The molecule has 1 fully saturated rings. The van der Waals surface area contributed by atoms with E-state index in [4.69, 9.17) is 10.6 Å². The van der Waals surface area contributed by atoms with E-state index >= 15 is 0 Å². The Morgan fingerprint density at radius 3 is 2.94 bits per heavy atom. The van der Waals surface area contributed by atoms with Crippen molar-refractivity contribution in [3.8, 4) is 0 Å². The number of carbonyl (C=O) groups excluding carboxylic acids is 2. The molecule has 2 atom stereocenters. The Hall–Kier alpha value is -3.91. The first-order valence-electron chi connectivity index (χ1n) is 11.0. The first kappa shape index (κ1) is 23.8. The number of carbonyl (C=O) groups is 3. The van der Waals surface area contributed by atoms with Crippen molar-refractivity contribution < 1.29 is 28.9 Å². The van der Waals surface area contributed by atoms with Gasteiger partial charge < -0.3 is 21.0 Å². The van der Waals surface area contributed by atoms with Crippen molar-refractivity contribution in [2.75, 3.05) is 18.1 Å². The minimum Gasteiger partial charge on any atom is -0.477 e. The highest BCUT2D eigenvalue weighted by molar-refractivity contribution is 8.00. The molecule has 0 spiro atoms. The van der Waals surface area contributed by atoms with Crippen molar-refractivity contribution >= 4 is 57.4 Å². The largest absolute Gasteiger partial charge is 0.477 e. The van der Waals surface area contributed by atoms with E-state index in [0.717, 1.165) is 17.0 Å². The Morgan fingerprint density at radius 2 is 2.22 bits per heavy atom. The first-order valence-corrected chi connectivity index (χ1v) is 12.9. The number of aromatic nitrogens is 3. The Bertz CT molecular complexity index is 1430. The van der Waals surface area contributed by atoms with E-state index in [2.05, 4.69) is 15.5 Å². The van der Waals surface area contributed by atoms with Crippen molar-refractivity contribution in [1.29, 1.82) is 0 Å². The number of fused-ring (bicyclic) bond motifs is 2. The van der Waals surface area contributed by atoms with Crippen LogP contribution in [0.3, 0.4) is 0 Å². The number of hydrogen-bond acceptors (Lipinski definition) is 9. The number of imidazole rings is 1. The maximum Gasteiger partial charge on any atom is 0.352 e. The number of anilines is 1. The lowest BCUT2D eigenvalue weighted by molar-refractivity contribution is -0.662. The highest BCUT2D eigenvalue weighted by atomic mass is 32.2. The fraction of sp³-hybridized carbons (Fsp3) is 0.273. The highest BCUT2D eigenvalue weighted by Crippen LogP contribution is 2.40. The molecule has 0 aliphatic carbocycles. The summed E-state index contributed by atoms with van der Waals surface area (Å²) in [6.45, 7) is 2.27. The molecular weight excluding hydrogens is 506 g/mol. The fourth-order valence-corrected chi connectivity index (χ4v) is 6.01. The number of β-lactam (4-membered cyclic amide) rings is 1. The first-order chi connectivity index (χ1) is 17.4. The van der Waals surface area contributed by atoms with Crippen LogP contribution < -0.4 is 15.6 Å². The van der Waals surface area contributed by atoms with Gasteiger partial charge in [-0.05, 0) is 13.0 Å². The molecule has 0 unspecified atom stereocenters. The molecular formula is C22H22N7O5S2+. The van der Waals surface area contributed by atoms with Gasteiger partial charge in [0.25, 0.3) is 17.5 Å². The van der Waals surface area contributed by atoms with Crippen LogP contribution in [0.1, 0.15) is 12.6 Å². The maximum atomic E-state index is 13.1. The number of pyridine rings is 1. The number of amides is 2. The predicted octanol–water partition coefficient (Wildman–Crippen LogP) is 0.445. The third kappa shape index (κ3) is 4.18. The summed E-state index contributed by atoms with van der Waals surface area (Å²) in [6, 6.07) is 4.82. The molecule has 0 bridgehead atoms. The van der Waals surface area contributed by atoms with Crippen LogP contribution >= 0.6 is 23.1 Å². The number of nitrogens with zero attached hydrogens (tertiary/aromatic N) is 5. The minimum absolute atomic E-state index is 0.0486. The second-order valence-electron chi connectivity index (χ2n) is 7.94. The summed E-state index contributed by atoms with van der Waals surface area (Å²) >= 11 is 2.54. The Labute approximate surface area is 213 Å². The van der Waals surface area contributed by atoms with Crippen molar-refractivity contribution in [3.63, 3.8) is 0 Å². The predicted molar refractivity (Wildman–Crippen MR) is 132 cm³/mol. The summed E-state index contributed by atoms with van der Waals surface area (Å²) in [4.78, 5) is 48.6. The Morgan fingerprint density at radius 1 is 1.39 bits per heavy atom. The highest BCUT2D eigenvalue weighted by Gasteiger charge is 2.54. The van der Waals surface area contributed by atoms with Crippen LogP contribution in [0.15, 0.2) is 58.6 Å². The van der Waals surface area contributed by atoms with E-state index in [1.54, 1.807) is 12.3 Å². The van der Waals surface area contributed by atoms with Gasteiger partial charge >= 0.3 is 5.97 Å². The molecule has 2 amide bonds. The van der Waals surface area contributed by atoms with Crippen LogP contribution in [-0.4, -0.2) is 66.7 Å². The zero-order chi connectivity index (χ0) is 25.4. The van der Waals surface area contributed by atoms with E-state index in [1.807, 2.05) is 45.8 Å². The van der Waals surface area contributed by atoms with Crippen LogP contribution in [0.4, 0.5) is 5.13 Å². The maximum absolute atomic E-state index is 13.1. The van der Waals surface area contributed by atoms with Crippen LogP contribution in [-0.2, 0) is 25.8 Å². The lowest BCUT2D eigenvalue weighted by Crippen LogP contribution is -2.71. The topological polar surface area (TPSA) is 156 Å². The van der Waals surface area contributed by atoms with Gasteiger partial charge in [0.2, 0.25) is 0 Å².